The van der Waals surface area contributed by atoms with Crippen LogP contribution in [0, 0.1) is 5.92 Å². The van der Waals surface area contributed by atoms with Gasteiger partial charge in [0.25, 0.3) is 0 Å². The average Bonchev–Trinajstić information content (AvgIpc) is 3.37. The molecule has 0 radical (unpaired) electrons. The lowest BCUT2D eigenvalue weighted by Gasteiger charge is -2.30. The summed E-state index contributed by atoms with van der Waals surface area (Å²) < 4.78 is 0. The van der Waals surface area contributed by atoms with Gasteiger partial charge in [-0.3, -0.25) is 4.79 Å². The van der Waals surface area contributed by atoms with Crippen LogP contribution in [0.3, 0.4) is 0 Å². The molecule has 1 aliphatic heterocycles. The fourth-order valence-corrected chi connectivity index (χ4v) is 4.56. The van der Waals surface area contributed by atoms with Crippen LogP contribution >= 0.6 is 11.3 Å². The minimum absolute atomic E-state index is 0.213. The van der Waals surface area contributed by atoms with Gasteiger partial charge in [0.2, 0.25) is 11.7 Å². The molecule has 24 heavy (non-hydrogen) atoms. The molecule has 0 N–H and O–H groups in total. The second-order valence-electron chi connectivity index (χ2n) is 6.81. The first kappa shape index (κ1) is 15.7. The summed E-state index contributed by atoms with van der Waals surface area (Å²) in [6, 6.07) is 4.20. The lowest BCUT2D eigenvalue weighted by atomic mass is 9.88. The van der Waals surface area contributed by atoms with Crippen LogP contribution in [-0.2, 0) is 11.3 Å². The minimum atomic E-state index is 0.213. The van der Waals surface area contributed by atoms with Gasteiger partial charge in [-0.15, -0.1) is 21.5 Å². The summed E-state index contributed by atoms with van der Waals surface area (Å²) in [6.45, 7) is 1.53. The molecule has 2 fully saturated rings. The number of likely N-dealkylation sites (tertiary alicyclic amines) is 1. The first-order valence-corrected chi connectivity index (χ1v) is 9.81. The van der Waals surface area contributed by atoms with E-state index in [1.165, 1.54) is 19.3 Å². The molecule has 2 aromatic heterocycles. The Morgan fingerprint density at radius 3 is 2.88 bits per heavy atom. The van der Waals surface area contributed by atoms with E-state index in [1.54, 1.807) is 16.1 Å². The fourth-order valence-electron chi connectivity index (χ4n) is 3.91. The second kappa shape index (κ2) is 7.01. The maximum absolute atomic E-state index is 12.9. The molecule has 2 aromatic rings. The number of carbonyl (C=O) groups is 1. The standard InChI is InChI=1S/C17H23N5OS/c23-17(13-6-2-1-3-7-13)21-10-4-8-14(21)12-22-19-16(18-20-22)15-9-5-11-24-15/h5,9,11,13-14H,1-4,6-8,10,12H2/t14-/m0/s1. The van der Waals surface area contributed by atoms with Crippen molar-refractivity contribution in [3.05, 3.63) is 17.5 Å². The molecule has 1 saturated carbocycles. The van der Waals surface area contributed by atoms with Crippen molar-refractivity contribution in [2.75, 3.05) is 6.54 Å². The Kier molecular flexibility index (Phi) is 4.60. The van der Waals surface area contributed by atoms with Crippen molar-refractivity contribution >= 4 is 17.2 Å². The number of thiophene rings is 1. The fraction of sp³-hybridized carbons (Fsp3) is 0.647. The Morgan fingerprint density at radius 1 is 1.21 bits per heavy atom. The molecule has 1 amide bonds. The molecular formula is C17H23N5OS. The maximum Gasteiger partial charge on any atom is 0.225 e. The third-order valence-electron chi connectivity index (χ3n) is 5.18. The molecule has 0 spiro atoms. The number of rotatable bonds is 4. The normalized spacial score (nSPS) is 22.2. The minimum Gasteiger partial charge on any atom is -0.338 e. The molecule has 0 unspecified atom stereocenters. The van der Waals surface area contributed by atoms with E-state index in [0.29, 0.717) is 18.3 Å². The van der Waals surface area contributed by atoms with Crippen molar-refractivity contribution in [1.29, 1.82) is 0 Å². The number of hydrogen-bond acceptors (Lipinski definition) is 5. The van der Waals surface area contributed by atoms with Gasteiger partial charge >= 0.3 is 0 Å². The lowest BCUT2D eigenvalue weighted by Crippen LogP contribution is -2.42. The zero-order valence-electron chi connectivity index (χ0n) is 13.8. The molecule has 1 aliphatic carbocycles. The van der Waals surface area contributed by atoms with E-state index < -0.39 is 0 Å². The number of aromatic nitrogens is 4. The van der Waals surface area contributed by atoms with E-state index >= 15 is 0 Å². The highest BCUT2D eigenvalue weighted by Crippen LogP contribution is 2.29. The number of amides is 1. The van der Waals surface area contributed by atoms with Crippen molar-refractivity contribution in [1.82, 2.24) is 25.1 Å². The Bertz CT molecular complexity index is 677. The van der Waals surface area contributed by atoms with E-state index in [0.717, 1.165) is 37.1 Å². The zero-order valence-corrected chi connectivity index (χ0v) is 14.6. The highest BCUT2D eigenvalue weighted by molar-refractivity contribution is 7.13. The largest absolute Gasteiger partial charge is 0.338 e. The smallest absolute Gasteiger partial charge is 0.225 e. The quantitative estimate of drug-likeness (QED) is 0.854. The Hall–Kier alpha value is -1.76. The van der Waals surface area contributed by atoms with Crippen LogP contribution in [-0.4, -0.2) is 43.6 Å². The van der Waals surface area contributed by atoms with Gasteiger partial charge in [0, 0.05) is 12.5 Å². The first-order chi connectivity index (χ1) is 11.8. The molecule has 0 aromatic carbocycles. The van der Waals surface area contributed by atoms with Gasteiger partial charge in [0.1, 0.15) is 0 Å². The summed E-state index contributed by atoms with van der Waals surface area (Å²) in [5, 5.41) is 14.8. The molecule has 3 heterocycles. The SMILES string of the molecule is O=C(C1CCCCC1)N1CCC[C@H]1Cn1nnc(-c2cccs2)n1. The van der Waals surface area contributed by atoms with Gasteiger partial charge in [0.05, 0.1) is 17.5 Å². The predicted molar refractivity (Wildman–Crippen MR) is 92.4 cm³/mol. The number of nitrogens with zero attached hydrogens (tertiary/aromatic N) is 5. The van der Waals surface area contributed by atoms with Crippen LogP contribution in [0.1, 0.15) is 44.9 Å². The Labute approximate surface area is 145 Å². The van der Waals surface area contributed by atoms with Gasteiger partial charge in [-0.1, -0.05) is 25.3 Å². The predicted octanol–water partition coefficient (Wildman–Crippen LogP) is 2.97. The van der Waals surface area contributed by atoms with Gasteiger partial charge in [-0.25, -0.2) is 0 Å². The van der Waals surface area contributed by atoms with Gasteiger partial charge in [-0.05, 0) is 42.3 Å². The van der Waals surface area contributed by atoms with Crippen LogP contribution in [0.2, 0.25) is 0 Å². The molecule has 1 atom stereocenters. The van der Waals surface area contributed by atoms with E-state index in [9.17, 15) is 4.79 Å². The van der Waals surface area contributed by atoms with Crippen LogP contribution in [0.4, 0.5) is 0 Å². The topological polar surface area (TPSA) is 63.9 Å². The van der Waals surface area contributed by atoms with Crippen molar-refractivity contribution in [2.45, 2.75) is 57.5 Å². The molecule has 1 saturated heterocycles. The van der Waals surface area contributed by atoms with Crippen LogP contribution in [0.25, 0.3) is 10.7 Å². The monoisotopic (exact) mass is 345 g/mol. The molecular weight excluding hydrogens is 322 g/mol. The second-order valence-corrected chi connectivity index (χ2v) is 7.76. The molecule has 128 valence electrons. The van der Waals surface area contributed by atoms with Gasteiger partial charge in [0.15, 0.2) is 0 Å². The number of carbonyl (C=O) groups excluding carboxylic acids is 1. The van der Waals surface area contributed by atoms with E-state index in [4.69, 9.17) is 0 Å². The maximum atomic E-state index is 12.9. The van der Waals surface area contributed by atoms with Gasteiger partial charge < -0.3 is 4.90 Å². The summed E-state index contributed by atoms with van der Waals surface area (Å²) in [7, 11) is 0. The highest BCUT2D eigenvalue weighted by Gasteiger charge is 2.34. The highest BCUT2D eigenvalue weighted by atomic mass is 32.1. The van der Waals surface area contributed by atoms with Crippen molar-refractivity contribution in [2.24, 2.45) is 5.92 Å². The first-order valence-electron chi connectivity index (χ1n) is 8.93. The van der Waals surface area contributed by atoms with E-state index in [-0.39, 0.29) is 12.0 Å². The average molecular weight is 345 g/mol. The third-order valence-corrected chi connectivity index (χ3v) is 6.05. The Balaban J connectivity index is 1.42. The summed E-state index contributed by atoms with van der Waals surface area (Å²) in [4.78, 5) is 17.6. The van der Waals surface area contributed by atoms with Crippen molar-refractivity contribution < 1.29 is 4.79 Å². The van der Waals surface area contributed by atoms with Crippen LogP contribution in [0.5, 0.6) is 0 Å². The van der Waals surface area contributed by atoms with Crippen molar-refractivity contribution in [3.8, 4) is 10.7 Å². The van der Waals surface area contributed by atoms with Crippen LogP contribution < -0.4 is 0 Å². The lowest BCUT2D eigenvalue weighted by molar-refractivity contribution is -0.137. The Morgan fingerprint density at radius 2 is 2.08 bits per heavy atom. The molecule has 4 rings (SSSR count). The van der Waals surface area contributed by atoms with Crippen LogP contribution in [0.15, 0.2) is 17.5 Å². The molecule has 2 aliphatic rings. The third kappa shape index (κ3) is 3.22. The van der Waals surface area contributed by atoms with Gasteiger partial charge in [-0.2, -0.15) is 4.80 Å². The van der Waals surface area contributed by atoms with E-state index in [2.05, 4.69) is 20.3 Å². The van der Waals surface area contributed by atoms with E-state index in [1.807, 2.05) is 17.5 Å². The summed E-state index contributed by atoms with van der Waals surface area (Å²) in [5.41, 5.74) is 0. The number of hydrogen-bond donors (Lipinski definition) is 0. The van der Waals surface area contributed by atoms with Crippen molar-refractivity contribution in [3.63, 3.8) is 0 Å². The summed E-state index contributed by atoms with van der Waals surface area (Å²) in [5.74, 6) is 1.27. The zero-order chi connectivity index (χ0) is 16.4. The molecule has 6 nitrogen and oxygen atoms in total. The molecule has 7 heteroatoms. The number of tetrazole rings is 1. The summed E-state index contributed by atoms with van der Waals surface area (Å²) >= 11 is 1.61. The summed E-state index contributed by atoms with van der Waals surface area (Å²) in [6.07, 6.45) is 7.91. The molecule has 0 bridgehead atoms.